The van der Waals surface area contributed by atoms with Gasteiger partial charge in [-0.15, -0.1) is 10.2 Å². The van der Waals surface area contributed by atoms with Crippen LogP contribution in [0.3, 0.4) is 0 Å². The molecule has 9 heteroatoms. The molecule has 2 saturated heterocycles. The molecule has 0 radical (unpaired) electrons. The van der Waals surface area contributed by atoms with Crippen LogP contribution >= 0.6 is 0 Å². The predicted octanol–water partition coefficient (Wildman–Crippen LogP) is 3.60. The maximum atomic E-state index is 14.9. The number of rotatable bonds is 4. The summed E-state index contributed by atoms with van der Waals surface area (Å²) in [6, 6.07) is 18.0. The summed E-state index contributed by atoms with van der Waals surface area (Å²) in [6.45, 7) is 3.21. The average molecular weight is 504 g/mol. The number of carbonyl (C=O) groups is 1. The third-order valence-corrected chi connectivity index (χ3v) is 7.75. The minimum Gasteiger partial charge on any atom is -0.385 e. The Bertz CT molecular complexity index is 1330. The van der Waals surface area contributed by atoms with E-state index in [1.807, 2.05) is 48.2 Å². The van der Waals surface area contributed by atoms with Crippen molar-refractivity contribution in [2.75, 3.05) is 31.1 Å². The van der Waals surface area contributed by atoms with Crippen LogP contribution in [0, 0.1) is 34.8 Å². The number of hydrogen-bond donors (Lipinski definition) is 1. The number of hydrogen-bond acceptors (Lipinski definition) is 6. The van der Waals surface area contributed by atoms with Gasteiger partial charge in [0.2, 0.25) is 5.91 Å². The van der Waals surface area contributed by atoms with E-state index in [-0.39, 0.29) is 36.2 Å². The van der Waals surface area contributed by atoms with Crippen molar-refractivity contribution in [2.24, 2.45) is 11.8 Å². The highest BCUT2D eigenvalue weighted by molar-refractivity contribution is 5.82. The zero-order valence-electron chi connectivity index (χ0n) is 20.4. The molecule has 0 spiro atoms. The number of halogens is 2. The van der Waals surface area contributed by atoms with Crippen LogP contribution in [-0.2, 0) is 10.4 Å². The molecule has 1 aromatic heterocycles. The molecule has 0 unspecified atom stereocenters. The fraction of sp³-hybridized carbons (Fsp3) is 0.357. The second kappa shape index (κ2) is 9.87. The van der Waals surface area contributed by atoms with Crippen LogP contribution in [0.2, 0.25) is 0 Å². The van der Waals surface area contributed by atoms with Gasteiger partial charge in [-0.05, 0) is 35.7 Å². The first-order valence-electron chi connectivity index (χ1n) is 12.3. The lowest BCUT2D eigenvalue weighted by atomic mass is 9.76. The fourth-order valence-corrected chi connectivity index (χ4v) is 5.63. The Kier molecular flexibility index (Phi) is 6.61. The Balaban J connectivity index is 1.41. The van der Waals surface area contributed by atoms with E-state index in [0.717, 1.165) is 11.6 Å². The van der Waals surface area contributed by atoms with E-state index in [9.17, 15) is 18.7 Å². The molecule has 1 amide bonds. The van der Waals surface area contributed by atoms with Crippen molar-refractivity contribution in [2.45, 2.75) is 24.9 Å². The quantitative estimate of drug-likeness (QED) is 0.585. The van der Waals surface area contributed by atoms with Crippen LogP contribution in [0.5, 0.6) is 0 Å². The van der Waals surface area contributed by atoms with Crippen LogP contribution < -0.4 is 4.90 Å². The second-order valence-corrected chi connectivity index (χ2v) is 9.90. The largest absolute Gasteiger partial charge is 0.385 e. The Morgan fingerprint density at radius 2 is 1.86 bits per heavy atom. The number of aromatic nitrogens is 2. The molecule has 4 atom stereocenters. The molecule has 1 N–H and O–H groups in total. The van der Waals surface area contributed by atoms with Gasteiger partial charge in [-0.25, -0.2) is 8.78 Å². The molecule has 2 aliphatic heterocycles. The normalized spacial score (nSPS) is 25.6. The number of piperidine rings is 1. The van der Waals surface area contributed by atoms with Crippen LogP contribution in [0.1, 0.15) is 36.1 Å². The molecule has 2 aromatic carbocycles. The molecule has 2 aliphatic rings. The first-order chi connectivity index (χ1) is 17.8. The van der Waals surface area contributed by atoms with Crippen molar-refractivity contribution in [3.63, 3.8) is 0 Å². The summed E-state index contributed by atoms with van der Waals surface area (Å²) in [5.74, 6) is -2.38. The van der Waals surface area contributed by atoms with Crippen molar-refractivity contribution in [3.8, 4) is 6.07 Å². The molecule has 2 fully saturated rings. The molecule has 0 aliphatic carbocycles. The van der Waals surface area contributed by atoms with Crippen LogP contribution in [0.15, 0.2) is 60.7 Å². The van der Waals surface area contributed by atoms with E-state index in [0.29, 0.717) is 25.3 Å². The zero-order valence-corrected chi connectivity index (χ0v) is 20.4. The highest BCUT2D eigenvalue weighted by Gasteiger charge is 2.46. The number of nitriles is 1. The maximum absolute atomic E-state index is 14.9. The molecule has 5 rings (SSSR count). The molecule has 3 aromatic rings. The van der Waals surface area contributed by atoms with Gasteiger partial charge in [-0.2, -0.15) is 5.26 Å². The summed E-state index contributed by atoms with van der Waals surface area (Å²) in [6.07, 6.45) is 0.386. The summed E-state index contributed by atoms with van der Waals surface area (Å²) >= 11 is 0. The number of aliphatic hydroxyl groups is 1. The summed E-state index contributed by atoms with van der Waals surface area (Å²) < 4.78 is 28.5. The molecule has 37 heavy (non-hydrogen) atoms. The third-order valence-electron chi connectivity index (χ3n) is 7.75. The molecule has 0 bridgehead atoms. The van der Waals surface area contributed by atoms with E-state index in [1.54, 1.807) is 17.0 Å². The van der Waals surface area contributed by atoms with Crippen molar-refractivity contribution >= 4 is 11.7 Å². The van der Waals surface area contributed by atoms with E-state index in [4.69, 9.17) is 5.26 Å². The van der Waals surface area contributed by atoms with Gasteiger partial charge in [0, 0.05) is 44.1 Å². The van der Waals surface area contributed by atoms with Crippen LogP contribution in [0.25, 0.3) is 0 Å². The van der Waals surface area contributed by atoms with Gasteiger partial charge in [-0.1, -0.05) is 43.3 Å². The number of anilines is 1. The summed E-state index contributed by atoms with van der Waals surface area (Å²) in [7, 11) is 0. The highest BCUT2D eigenvalue weighted by Crippen LogP contribution is 2.41. The predicted molar refractivity (Wildman–Crippen MR) is 132 cm³/mol. The Labute approximate surface area is 214 Å². The minimum absolute atomic E-state index is 0.139. The third kappa shape index (κ3) is 4.65. The van der Waals surface area contributed by atoms with Gasteiger partial charge in [0.15, 0.2) is 11.5 Å². The Morgan fingerprint density at radius 3 is 2.51 bits per heavy atom. The van der Waals surface area contributed by atoms with Crippen molar-refractivity contribution in [3.05, 3.63) is 89.1 Å². The molecule has 3 heterocycles. The van der Waals surface area contributed by atoms with Crippen LogP contribution in [-0.4, -0.2) is 52.3 Å². The molecule has 0 saturated carbocycles. The van der Waals surface area contributed by atoms with Gasteiger partial charge in [-0.3, -0.25) is 4.79 Å². The van der Waals surface area contributed by atoms with Gasteiger partial charge < -0.3 is 14.9 Å². The first-order valence-corrected chi connectivity index (χ1v) is 12.3. The number of amides is 1. The summed E-state index contributed by atoms with van der Waals surface area (Å²) in [5, 5.41) is 28.4. The van der Waals surface area contributed by atoms with Crippen LogP contribution in [0.4, 0.5) is 14.6 Å². The lowest BCUT2D eigenvalue weighted by molar-refractivity contribution is -0.144. The van der Waals surface area contributed by atoms with Gasteiger partial charge in [0.25, 0.3) is 0 Å². The van der Waals surface area contributed by atoms with Gasteiger partial charge in [0.1, 0.15) is 17.7 Å². The van der Waals surface area contributed by atoms with E-state index < -0.39 is 29.1 Å². The van der Waals surface area contributed by atoms with Crippen molar-refractivity contribution < 1.29 is 18.7 Å². The molecular formula is C28H27F2N5O2. The minimum atomic E-state index is -1.04. The monoisotopic (exact) mass is 503 g/mol. The van der Waals surface area contributed by atoms with Gasteiger partial charge >= 0.3 is 0 Å². The Hall–Kier alpha value is -3.90. The van der Waals surface area contributed by atoms with E-state index >= 15 is 0 Å². The molecular weight excluding hydrogens is 476 g/mol. The zero-order chi connectivity index (χ0) is 26.2. The Morgan fingerprint density at radius 1 is 1.08 bits per heavy atom. The first kappa shape index (κ1) is 24.8. The van der Waals surface area contributed by atoms with E-state index in [1.165, 1.54) is 12.1 Å². The van der Waals surface area contributed by atoms with Crippen molar-refractivity contribution in [1.82, 2.24) is 15.1 Å². The van der Waals surface area contributed by atoms with E-state index in [2.05, 4.69) is 10.2 Å². The smallest absolute Gasteiger partial charge is 0.228 e. The summed E-state index contributed by atoms with van der Waals surface area (Å²) in [5.41, 5.74) is 0.229. The van der Waals surface area contributed by atoms with Crippen molar-refractivity contribution in [1.29, 1.82) is 5.26 Å². The van der Waals surface area contributed by atoms with Gasteiger partial charge in [0.05, 0.1) is 11.5 Å². The summed E-state index contributed by atoms with van der Waals surface area (Å²) in [4.78, 5) is 17.5. The second-order valence-electron chi connectivity index (χ2n) is 9.90. The number of benzene rings is 2. The molecule has 7 nitrogen and oxygen atoms in total. The SMILES string of the molecule is C[C@@H]1CN(C(=O)[C@@H]2CN(c3ccc(C#N)nn3)C[C@H]2c2ccc(F)cc2F)CC[C@@]1(O)c1ccccc1. The lowest BCUT2D eigenvalue weighted by Crippen LogP contribution is -2.52. The lowest BCUT2D eigenvalue weighted by Gasteiger charge is -2.44. The standard InChI is InChI=1S/C28H27F2N5O2/c1-18-15-34(12-11-28(18,37)19-5-3-2-4-6-19)27(36)24-17-35(26-10-8-21(14-31)32-33-26)16-23(24)22-9-7-20(29)13-25(22)30/h2-10,13,18,23-24,37H,11-12,15-17H2,1H3/t18-,23+,24-,28+/m1/s1. The average Bonchev–Trinajstić information content (AvgIpc) is 3.35. The molecule has 190 valence electrons. The number of likely N-dealkylation sites (tertiary alicyclic amines) is 1. The highest BCUT2D eigenvalue weighted by atomic mass is 19.1. The number of carbonyl (C=O) groups excluding carboxylic acids is 1. The fourth-order valence-electron chi connectivity index (χ4n) is 5.63. The topological polar surface area (TPSA) is 93.4 Å². The maximum Gasteiger partial charge on any atom is 0.228 e. The number of nitrogens with zero attached hydrogens (tertiary/aromatic N) is 5.